The molecule has 11 N–H and O–H groups in total. The highest BCUT2D eigenvalue weighted by Crippen LogP contribution is 2.20. The summed E-state index contributed by atoms with van der Waals surface area (Å²) in [6.07, 6.45) is 3.52. The lowest BCUT2D eigenvalue weighted by Crippen LogP contribution is -2.60. The van der Waals surface area contributed by atoms with Gasteiger partial charge in [0.1, 0.15) is 30.2 Å². The van der Waals surface area contributed by atoms with Crippen molar-refractivity contribution >= 4 is 48.1 Å². The standard InChI is InChI=1S/C30H56N8O7S/c1-17(2)23(33)27(41)37-24(18(3)4)28(42)34-19(10-5-7-13-31)25(39)36-21(16-46)29(43)38-15-9-12-22(38)26(40)35-20(30(44)45)11-6-8-14-32/h17-24,46H,5-16,31-33H2,1-4H3,(H,34,42)(H,35,40)(H,36,39)(H,37,41)(H,44,45)/t19-,20-,21-,22-,23-,24-/m0/s1. The summed E-state index contributed by atoms with van der Waals surface area (Å²) in [7, 11) is 0. The molecular formula is C30H56N8O7S. The molecule has 46 heavy (non-hydrogen) atoms. The van der Waals surface area contributed by atoms with E-state index in [1.807, 2.05) is 0 Å². The molecule has 0 spiro atoms. The molecular weight excluding hydrogens is 616 g/mol. The molecule has 0 unspecified atom stereocenters. The number of nitrogens with one attached hydrogen (secondary N) is 4. The number of likely N-dealkylation sites (tertiary alicyclic amines) is 1. The Bertz CT molecular complexity index is 1030. The molecule has 1 heterocycles. The number of hydrogen-bond acceptors (Lipinski definition) is 10. The van der Waals surface area contributed by atoms with Crippen LogP contribution in [0.15, 0.2) is 0 Å². The maximum atomic E-state index is 13.6. The molecule has 0 radical (unpaired) electrons. The molecule has 6 atom stereocenters. The highest BCUT2D eigenvalue weighted by atomic mass is 32.1. The number of nitrogens with zero attached hydrogens (tertiary/aromatic N) is 1. The van der Waals surface area contributed by atoms with E-state index in [1.54, 1.807) is 27.7 Å². The van der Waals surface area contributed by atoms with E-state index < -0.39 is 71.8 Å². The van der Waals surface area contributed by atoms with Crippen molar-refractivity contribution in [3.8, 4) is 0 Å². The minimum atomic E-state index is -1.17. The number of rotatable bonds is 21. The van der Waals surface area contributed by atoms with Crippen molar-refractivity contribution in [2.75, 3.05) is 25.4 Å². The van der Waals surface area contributed by atoms with E-state index in [0.29, 0.717) is 51.6 Å². The Morgan fingerprint density at radius 2 is 1.35 bits per heavy atom. The smallest absolute Gasteiger partial charge is 0.326 e. The van der Waals surface area contributed by atoms with Crippen LogP contribution in [-0.2, 0) is 28.8 Å². The molecule has 15 nitrogen and oxygen atoms in total. The Labute approximate surface area is 277 Å². The van der Waals surface area contributed by atoms with Crippen LogP contribution >= 0.6 is 12.6 Å². The summed E-state index contributed by atoms with van der Waals surface area (Å²) in [4.78, 5) is 79.2. The van der Waals surface area contributed by atoms with Crippen LogP contribution in [0.4, 0.5) is 0 Å². The van der Waals surface area contributed by atoms with Crippen LogP contribution in [0.5, 0.6) is 0 Å². The lowest BCUT2D eigenvalue weighted by atomic mass is 9.99. The Kier molecular flexibility index (Phi) is 18.8. The van der Waals surface area contributed by atoms with Crippen LogP contribution in [0.25, 0.3) is 0 Å². The molecule has 0 aromatic carbocycles. The molecule has 0 aromatic rings. The molecule has 0 aliphatic carbocycles. The van der Waals surface area contributed by atoms with Crippen LogP contribution in [0, 0.1) is 11.8 Å². The first-order valence-electron chi connectivity index (χ1n) is 16.2. The Hall–Kier alpha value is -2.95. The number of amides is 5. The first-order chi connectivity index (χ1) is 21.7. The molecule has 16 heteroatoms. The Morgan fingerprint density at radius 3 is 1.85 bits per heavy atom. The first-order valence-corrected chi connectivity index (χ1v) is 16.8. The fraction of sp³-hybridized carbons (Fsp3) is 0.800. The van der Waals surface area contributed by atoms with E-state index in [2.05, 4.69) is 33.9 Å². The van der Waals surface area contributed by atoms with Gasteiger partial charge in [-0.3, -0.25) is 24.0 Å². The number of nitrogens with two attached hydrogens (primary N) is 3. The van der Waals surface area contributed by atoms with Crippen LogP contribution in [0.2, 0.25) is 0 Å². The quantitative estimate of drug-likeness (QED) is 0.0522. The third-order valence-electron chi connectivity index (χ3n) is 8.04. The van der Waals surface area contributed by atoms with Gasteiger partial charge < -0.3 is 48.5 Å². The fourth-order valence-electron chi connectivity index (χ4n) is 5.09. The monoisotopic (exact) mass is 672 g/mol. The molecule has 1 fully saturated rings. The normalized spacial score (nSPS) is 18.0. The number of unbranched alkanes of at least 4 members (excludes halogenated alkanes) is 2. The zero-order valence-corrected chi connectivity index (χ0v) is 28.5. The number of hydrogen-bond donors (Lipinski definition) is 9. The topological polar surface area (TPSA) is 252 Å². The number of carboxylic acids is 1. The number of thiol groups is 1. The molecule has 0 saturated carbocycles. The number of aliphatic carboxylic acids is 1. The third kappa shape index (κ3) is 13.0. The van der Waals surface area contributed by atoms with Crippen LogP contribution in [-0.4, -0.2) is 107 Å². The Morgan fingerprint density at radius 1 is 0.783 bits per heavy atom. The van der Waals surface area contributed by atoms with Gasteiger partial charge in [0.15, 0.2) is 0 Å². The Balaban J connectivity index is 3.06. The highest BCUT2D eigenvalue weighted by Gasteiger charge is 2.39. The van der Waals surface area contributed by atoms with Gasteiger partial charge in [-0.05, 0) is 76.3 Å². The highest BCUT2D eigenvalue weighted by molar-refractivity contribution is 7.80. The van der Waals surface area contributed by atoms with Gasteiger partial charge in [-0.25, -0.2) is 4.79 Å². The van der Waals surface area contributed by atoms with Crippen molar-refractivity contribution in [2.24, 2.45) is 29.0 Å². The van der Waals surface area contributed by atoms with Gasteiger partial charge in [-0.1, -0.05) is 27.7 Å². The summed E-state index contributed by atoms with van der Waals surface area (Å²) in [5.74, 6) is -4.54. The second-order valence-corrected chi connectivity index (χ2v) is 12.8. The van der Waals surface area contributed by atoms with E-state index in [1.165, 1.54) is 4.90 Å². The second kappa shape index (κ2) is 21.0. The van der Waals surface area contributed by atoms with Crippen molar-refractivity contribution in [3.63, 3.8) is 0 Å². The molecule has 1 rings (SSSR count). The summed E-state index contributed by atoms with van der Waals surface area (Å²) in [5.41, 5.74) is 17.1. The average Bonchev–Trinajstić information content (AvgIpc) is 3.50. The zero-order chi connectivity index (χ0) is 35.0. The summed E-state index contributed by atoms with van der Waals surface area (Å²) in [6, 6.07) is -5.97. The predicted octanol–water partition coefficient (Wildman–Crippen LogP) is -1.17. The molecule has 5 amide bonds. The minimum absolute atomic E-state index is 0.0898. The maximum Gasteiger partial charge on any atom is 0.326 e. The van der Waals surface area contributed by atoms with Gasteiger partial charge >= 0.3 is 5.97 Å². The summed E-state index contributed by atoms with van der Waals surface area (Å²) in [5, 5.41) is 20.2. The van der Waals surface area contributed by atoms with E-state index in [9.17, 15) is 33.9 Å². The second-order valence-electron chi connectivity index (χ2n) is 12.5. The van der Waals surface area contributed by atoms with Gasteiger partial charge in [0.05, 0.1) is 6.04 Å². The average molecular weight is 673 g/mol. The first kappa shape index (κ1) is 41.1. The predicted molar refractivity (Wildman–Crippen MR) is 177 cm³/mol. The van der Waals surface area contributed by atoms with Crippen LogP contribution < -0.4 is 38.5 Å². The van der Waals surface area contributed by atoms with Crippen molar-refractivity contribution < 1.29 is 33.9 Å². The SMILES string of the molecule is CC(C)[C@H](N)C(=O)N[C@H](C(=O)N[C@@H](CCCCN)C(=O)N[C@@H](CS)C(=O)N1CCC[C@H]1C(=O)N[C@@H](CCCCN)C(=O)O)C(C)C. The number of carbonyl (C=O) groups excluding carboxylic acids is 5. The van der Waals surface area contributed by atoms with Crippen molar-refractivity contribution in [2.45, 2.75) is 115 Å². The lowest BCUT2D eigenvalue weighted by Gasteiger charge is -2.30. The van der Waals surface area contributed by atoms with Gasteiger partial charge in [-0.15, -0.1) is 0 Å². The zero-order valence-electron chi connectivity index (χ0n) is 27.6. The van der Waals surface area contributed by atoms with Gasteiger partial charge in [-0.2, -0.15) is 12.6 Å². The number of carbonyl (C=O) groups is 6. The molecule has 0 aromatic heterocycles. The van der Waals surface area contributed by atoms with E-state index in [0.717, 1.165) is 0 Å². The largest absolute Gasteiger partial charge is 0.480 e. The van der Waals surface area contributed by atoms with E-state index >= 15 is 0 Å². The molecule has 1 aliphatic heterocycles. The molecule has 1 saturated heterocycles. The maximum absolute atomic E-state index is 13.6. The van der Waals surface area contributed by atoms with E-state index in [4.69, 9.17) is 17.2 Å². The van der Waals surface area contributed by atoms with Crippen molar-refractivity contribution in [3.05, 3.63) is 0 Å². The van der Waals surface area contributed by atoms with Crippen LogP contribution in [0.3, 0.4) is 0 Å². The fourth-order valence-corrected chi connectivity index (χ4v) is 5.34. The molecule has 264 valence electrons. The van der Waals surface area contributed by atoms with Gasteiger partial charge in [0, 0.05) is 12.3 Å². The number of carboxylic acid groups (broad SMARTS) is 1. The summed E-state index contributed by atoms with van der Waals surface area (Å²) >= 11 is 4.28. The lowest BCUT2D eigenvalue weighted by molar-refractivity contribution is -0.145. The van der Waals surface area contributed by atoms with Crippen molar-refractivity contribution in [1.29, 1.82) is 0 Å². The third-order valence-corrected chi connectivity index (χ3v) is 8.41. The van der Waals surface area contributed by atoms with Crippen LogP contribution in [0.1, 0.15) is 79.1 Å². The van der Waals surface area contributed by atoms with Gasteiger partial charge in [0.25, 0.3) is 0 Å². The minimum Gasteiger partial charge on any atom is -0.480 e. The molecule has 1 aliphatic rings. The van der Waals surface area contributed by atoms with Gasteiger partial charge in [0.2, 0.25) is 29.5 Å². The molecule has 0 bridgehead atoms. The summed E-state index contributed by atoms with van der Waals surface area (Å²) in [6.45, 7) is 8.12. The summed E-state index contributed by atoms with van der Waals surface area (Å²) < 4.78 is 0. The van der Waals surface area contributed by atoms with E-state index in [-0.39, 0.29) is 37.0 Å². The van der Waals surface area contributed by atoms with Crippen molar-refractivity contribution in [1.82, 2.24) is 26.2 Å².